The van der Waals surface area contributed by atoms with Crippen LogP contribution in [0.1, 0.15) is 0 Å². The first-order chi connectivity index (χ1) is 8.78. The molecule has 2 rings (SSSR count). The predicted octanol–water partition coefficient (Wildman–Crippen LogP) is 2.36. The molecule has 3 N–H and O–H groups in total. The third-order valence-electron chi connectivity index (χ3n) is 2.35. The predicted molar refractivity (Wildman–Crippen MR) is 71.9 cm³/mol. The van der Waals surface area contributed by atoms with E-state index < -0.39 is 12.5 Å². The number of benzene rings is 2. The van der Waals surface area contributed by atoms with Gasteiger partial charge in [-0.05, 0) is 30.3 Å². The Bertz CT molecular complexity index is 526. The Morgan fingerprint density at radius 1 is 0.944 bits per heavy atom. The van der Waals surface area contributed by atoms with Crippen LogP contribution in [0.25, 0.3) is 0 Å². The average molecular weight is 242 g/mol. The molecule has 0 unspecified atom stereocenters. The van der Waals surface area contributed by atoms with Gasteiger partial charge in [0.25, 0.3) is 0 Å². The van der Waals surface area contributed by atoms with E-state index in [0.29, 0.717) is 5.69 Å². The smallest absolute Gasteiger partial charge is 0.250 e. The van der Waals surface area contributed by atoms with Gasteiger partial charge in [0.2, 0.25) is 5.91 Å². The minimum Gasteiger partial charge on any atom is -0.387 e. The number of aliphatic hydroxyl groups excluding tert-OH is 1. The minimum atomic E-state index is -0.518. The zero-order valence-corrected chi connectivity index (χ0v) is 9.76. The van der Waals surface area contributed by atoms with E-state index >= 15 is 0 Å². The molecule has 0 spiro atoms. The third-order valence-corrected chi connectivity index (χ3v) is 2.35. The first-order valence-electron chi connectivity index (χ1n) is 5.61. The second kappa shape index (κ2) is 5.84. The standard InChI is InChI=1S/C14H14N2O2/c17-10-14(18)16-13-8-4-7-12(9-13)15-11-5-2-1-3-6-11/h1-9,15,17H,10H2,(H,16,18). The molecule has 18 heavy (non-hydrogen) atoms. The Balaban J connectivity index is 2.10. The summed E-state index contributed by atoms with van der Waals surface area (Å²) in [6.45, 7) is -0.518. The van der Waals surface area contributed by atoms with Gasteiger partial charge in [0, 0.05) is 17.1 Å². The van der Waals surface area contributed by atoms with Crippen molar-refractivity contribution in [3.63, 3.8) is 0 Å². The number of amides is 1. The first kappa shape index (κ1) is 12.1. The number of para-hydroxylation sites is 1. The van der Waals surface area contributed by atoms with Crippen molar-refractivity contribution in [3.8, 4) is 0 Å². The Labute approximate surface area is 105 Å². The van der Waals surface area contributed by atoms with E-state index in [4.69, 9.17) is 5.11 Å². The van der Waals surface area contributed by atoms with Gasteiger partial charge in [0.1, 0.15) is 6.61 Å². The second-order valence-corrected chi connectivity index (χ2v) is 3.78. The number of hydrogen-bond acceptors (Lipinski definition) is 3. The van der Waals surface area contributed by atoms with Crippen molar-refractivity contribution < 1.29 is 9.90 Å². The molecule has 0 aromatic heterocycles. The summed E-state index contributed by atoms with van der Waals surface area (Å²) in [6, 6.07) is 17.1. The van der Waals surface area contributed by atoms with Crippen molar-refractivity contribution in [1.82, 2.24) is 0 Å². The zero-order valence-electron chi connectivity index (χ0n) is 9.76. The number of anilines is 3. The fourth-order valence-corrected chi connectivity index (χ4v) is 1.56. The second-order valence-electron chi connectivity index (χ2n) is 3.78. The van der Waals surface area contributed by atoms with E-state index in [1.165, 1.54) is 0 Å². The van der Waals surface area contributed by atoms with Crippen LogP contribution in [-0.2, 0) is 4.79 Å². The summed E-state index contributed by atoms with van der Waals surface area (Å²) >= 11 is 0. The van der Waals surface area contributed by atoms with Gasteiger partial charge in [0.05, 0.1) is 0 Å². The van der Waals surface area contributed by atoms with Crippen molar-refractivity contribution in [2.24, 2.45) is 0 Å². The van der Waals surface area contributed by atoms with Crippen LogP contribution in [0.3, 0.4) is 0 Å². The molecule has 0 radical (unpaired) electrons. The fraction of sp³-hybridized carbons (Fsp3) is 0.0714. The number of carbonyl (C=O) groups is 1. The molecule has 0 heterocycles. The Morgan fingerprint density at radius 2 is 1.61 bits per heavy atom. The summed E-state index contributed by atoms with van der Waals surface area (Å²) in [5.74, 6) is -0.424. The molecule has 0 atom stereocenters. The van der Waals surface area contributed by atoms with Crippen molar-refractivity contribution in [1.29, 1.82) is 0 Å². The van der Waals surface area contributed by atoms with Crippen molar-refractivity contribution >= 4 is 23.0 Å². The monoisotopic (exact) mass is 242 g/mol. The molecular formula is C14H14N2O2. The van der Waals surface area contributed by atoms with Crippen LogP contribution in [0.5, 0.6) is 0 Å². The number of rotatable bonds is 4. The highest BCUT2D eigenvalue weighted by Crippen LogP contribution is 2.19. The molecule has 0 saturated heterocycles. The molecule has 4 nitrogen and oxygen atoms in total. The van der Waals surface area contributed by atoms with Crippen LogP contribution in [0.4, 0.5) is 17.1 Å². The number of nitrogens with one attached hydrogen (secondary N) is 2. The summed E-state index contributed by atoms with van der Waals surface area (Å²) in [6.07, 6.45) is 0. The van der Waals surface area contributed by atoms with Crippen LogP contribution < -0.4 is 10.6 Å². The molecule has 2 aromatic rings. The molecule has 1 amide bonds. The molecular weight excluding hydrogens is 228 g/mol. The largest absolute Gasteiger partial charge is 0.387 e. The van der Waals surface area contributed by atoms with E-state index in [9.17, 15) is 4.79 Å². The lowest BCUT2D eigenvalue weighted by atomic mass is 10.2. The molecule has 0 fully saturated rings. The lowest BCUT2D eigenvalue weighted by Gasteiger charge is -2.08. The molecule has 0 aliphatic carbocycles. The molecule has 0 aliphatic rings. The molecule has 4 heteroatoms. The molecule has 0 aliphatic heterocycles. The normalized spacial score (nSPS) is 9.83. The molecule has 0 saturated carbocycles. The van der Waals surface area contributed by atoms with Gasteiger partial charge in [0.15, 0.2) is 0 Å². The van der Waals surface area contributed by atoms with Crippen LogP contribution in [-0.4, -0.2) is 17.6 Å². The third kappa shape index (κ3) is 3.33. The summed E-state index contributed by atoms with van der Waals surface area (Å²) in [4.78, 5) is 11.1. The lowest BCUT2D eigenvalue weighted by molar-refractivity contribution is -0.118. The number of hydrogen-bond donors (Lipinski definition) is 3. The van der Waals surface area contributed by atoms with Gasteiger partial charge in [-0.1, -0.05) is 24.3 Å². The number of aliphatic hydroxyl groups is 1. The van der Waals surface area contributed by atoms with Gasteiger partial charge in [-0.2, -0.15) is 0 Å². The zero-order chi connectivity index (χ0) is 12.8. The summed E-state index contributed by atoms with van der Waals surface area (Å²) in [5, 5.41) is 14.5. The highest BCUT2D eigenvalue weighted by Gasteiger charge is 2.00. The van der Waals surface area contributed by atoms with Crippen molar-refractivity contribution in [2.75, 3.05) is 17.2 Å². The highest BCUT2D eigenvalue weighted by molar-refractivity contribution is 5.92. The maximum absolute atomic E-state index is 11.1. The van der Waals surface area contributed by atoms with Crippen LogP contribution >= 0.6 is 0 Å². The van der Waals surface area contributed by atoms with E-state index in [-0.39, 0.29) is 0 Å². The van der Waals surface area contributed by atoms with Gasteiger partial charge >= 0.3 is 0 Å². The van der Waals surface area contributed by atoms with E-state index in [1.54, 1.807) is 12.1 Å². The van der Waals surface area contributed by atoms with Crippen LogP contribution in [0, 0.1) is 0 Å². The topological polar surface area (TPSA) is 61.4 Å². The summed E-state index contributed by atoms with van der Waals surface area (Å²) in [5.41, 5.74) is 2.50. The van der Waals surface area contributed by atoms with E-state index in [1.807, 2.05) is 42.5 Å². The average Bonchev–Trinajstić information content (AvgIpc) is 2.40. The SMILES string of the molecule is O=C(CO)Nc1cccc(Nc2ccccc2)c1. The molecule has 0 bridgehead atoms. The Morgan fingerprint density at radius 3 is 2.33 bits per heavy atom. The molecule has 2 aromatic carbocycles. The Kier molecular flexibility index (Phi) is 3.94. The van der Waals surface area contributed by atoms with Crippen LogP contribution in [0.15, 0.2) is 54.6 Å². The summed E-state index contributed by atoms with van der Waals surface area (Å²) in [7, 11) is 0. The van der Waals surface area contributed by atoms with Gasteiger partial charge in [-0.3, -0.25) is 4.79 Å². The fourth-order valence-electron chi connectivity index (χ4n) is 1.56. The van der Waals surface area contributed by atoms with Crippen molar-refractivity contribution in [2.45, 2.75) is 0 Å². The minimum absolute atomic E-state index is 0.424. The number of carbonyl (C=O) groups excluding carboxylic acids is 1. The quantitative estimate of drug-likeness (QED) is 0.771. The van der Waals surface area contributed by atoms with Crippen LogP contribution in [0.2, 0.25) is 0 Å². The Hall–Kier alpha value is -2.33. The van der Waals surface area contributed by atoms with E-state index in [2.05, 4.69) is 10.6 Å². The van der Waals surface area contributed by atoms with E-state index in [0.717, 1.165) is 11.4 Å². The maximum Gasteiger partial charge on any atom is 0.250 e. The maximum atomic E-state index is 11.1. The first-order valence-corrected chi connectivity index (χ1v) is 5.61. The van der Waals surface area contributed by atoms with Gasteiger partial charge in [-0.15, -0.1) is 0 Å². The summed E-state index contributed by atoms with van der Waals surface area (Å²) < 4.78 is 0. The lowest BCUT2D eigenvalue weighted by Crippen LogP contribution is -2.15. The van der Waals surface area contributed by atoms with Crippen molar-refractivity contribution in [3.05, 3.63) is 54.6 Å². The van der Waals surface area contributed by atoms with Gasteiger partial charge in [-0.25, -0.2) is 0 Å². The highest BCUT2D eigenvalue weighted by atomic mass is 16.3. The molecule has 92 valence electrons. The van der Waals surface area contributed by atoms with Gasteiger partial charge < -0.3 is 15.7 Å².